The predicted molar refractivity (Wildman–Crippen MR) is 111 cm³/mol. The monoisotopic (exact) mass is 471 g/mol. The summed E-state index contributed by atoms with van der Waals surface area (Å²) in [6.45, 7) is 4.20. The molecule has 10 heteroatoms. The van der Waals surface area contributed by atoms with Crippen molar-refractivity contribution >= 4 is 11.9 Å². The van der Waals surface area contributed by atoms with Gasteiger partial charge in [0, 0.05) is 12.7 Å². The van der Waals surface area contributed by atoms with E-state index < -0.39 is 59.1 Å². The van der Waals surface area contributed by atoms with E-state index in [2.05, 4.69) is 5.32 Å². The maximum absolute atomic E-state index is 13.8. The van der Waals surface area contributed by atoms with Crippen molar-refractivity contribution in [3.05, 3.63) is 65.2 Å². The zero-order valence-electron chi connectivity index (χ0n) is 18.4. The normalized spacial score (nSPS) is 12.2. The van der Waals surface area contributed by atoms with Gasteiger partial charge in [0.2, 0.25) is 11.6 Å². The second-order valence-corrected chi connectivity index (χ2v) is 8.08. The molecule has 0 bridgehead atoms. The number of ketones is 1. The maximum atomic E-state index is 13.8. The van der Waals surface area contributed by atoms with Crippen LogP contribution in [-0.2, 0) is 20.9 Å². The summed E-state index contributed by atoms with van der Waals surface area (Å²) in [6.07, 6.45) is -0.922. The third-order valence-electron chi connectivity index (χ3n) is 4.17. The van der Waals surface area contributed by atoms with Crippen molar-refractivity contribution in [3.8, 4) is 5.75 Å². The second-order valence-electron chi connectivity index (χ2n) is 8.08. The number of ether oxygens (including phenoxy) is 3. The Hall–Kier alpha value is -3.14. The summed E-state index contributed by atoms with van der Waals surface area (Å²) in [4.78, 5) is 24.7. The number of carbonyl (C=O) groups excluding carboxylic acids is 2. The summed E-state index contributed by atoms with van der Waals surface area (Å²) in [5.74, 6) is -9.07. The standard InChI is InChI=1S/C23H25F4NO5/c1-23(2,3)33-22(30)28-17(9-10-31-12-14-7-5-4-6-8-14)18(29)13-32-21-19(26)15(24)11-16(25)20(21)27/h4-8,11,17H,9-10,12-13H2,1-3H3,(H,28,30)/t17-/m0/s1. The number of benzene rings is 2. The third kappa shape index (κ3) is 8.38. The minimum absolute atomic E-state index is 0.0171. The first kappa shape index (κ1) is 26.1. The molecule has 0 fully saturated rings. The first-order valence-electron chi connectivity index (χ1n) is 10.1. The molecule has 0 saturated heterocycles. The number of amides is 1. The Morgan fingerprint density at radius 1 is 1.00 bits per heavy atom. The molecule has 6 nitrogen and oxygen atoms in total. The lowest BCUT2D eigenvalue weighted by Crippen LogP contribution is -2.45. The van der Waals surface area contributed by atoms with E-state index >= 15 is 0 Å². The van der Waals surface area contributed by atoms with Crippen LogP contribution >= 0.6 is 0 Å². The lowest BCUT2D eigenvalue weighted by molar-refractivity contribution is -0.123. The van der Waals surface area contributed by atoms with Gasteiger partial charge in [-0.1, -0.05) is 30.3 Å². The maximum Gasteiger partial charge on any atom is 0.408 e. The Morgan fingerprint density at radius 3 is 2.18 bits per heavy atom. The van der Waals surface area contributed by atoms with Gasteiger partial charge in [0.1, 0.15) is 12.2 Å². The SMILES string of the molecule is CC(C)(C)OC(=O)N[C@@H](CCOCc1ccccc1)C(=O)COc1c(F)c(F)cc(F)c1F. The molecule has 2 aromatic rings. The number of hydrogen-bond donors (Lipinski definition) is 1. The lowest BCUT2D eigenvalue weighted by Gasteiger charge is -2.23. The average molecular weight is 471 g/mol. The van der Waals surface area contributed by atoms with Crippen molar-refractivity contribution in [2.24, 2.45) is 0 Å². The fourth-order valence-corrected chi connectivity index (χ4v) is 2.65. The van der Waals surface area contributed by atoms with Crippen molar-refractivity contribution < 1.29 is 41.4 Å². The zero-order chi connectivity index (χ0) is 24.6. The van der Waals surface area contributed by atoms with E-state index in [1.54, 1.807) is 20.8 Å². The number of alkyl carbamates (subject to hydrolysis) is 1. The molecule has 2 aromatic carbocycles. The fourth-order valence-electron chi connectivity index (χ4n) is 2.65. The van der Waals surface area contributed by atoms with E-state index in [-0.39, 0.29) is 25.7 Å². The first-order valence-corrected chi connectivity index (χ1v) is 10.1. The highest BCUT2D eigenvalue weighted by Gasteiger charge is 2.27. The summed E-state index contributed by atoms with van der Waals surface area (Å²) >= 11 is 0. The Labute approximate surface area is 188 Å². The van der Waals surface area contributed by atoms with Gasteiger partial charge in [-0.2, -0.15) is 8.78 Å². The molecule has 33 heavy (non-hydrogen) atoms. The minimum Gasteiger partial charge on any atom is -0.479 e. The quantitative estimate of drug-likeness (QED) is 0.309. The van der Waals surface area contributed by atoms with Crippen LogP contribution in [0.4, 0.5) is 22.4 Å². The van der Waals surface area contributed by atoms with Crippen LogP contribution in [0.1, 0.15) is 32.8 Å². The van der Waals surface area contributed by atoms with Gasteiger partial charge in [0.05, 0.1) is 12.6 Å². The largest absolute Gasteiger partial charge is 0.479 e. The summed E-state index contributed by atoms with van der Waals surface area (Å²) in [7, 11) is 0. The van der Waals surface area contributed by atoms with Gasteiger partial charge in [0.15, 0.2) is 23.2 Å². The van der Waals surface area contributed by atoms with E-state index in [1.807, 2.05) is 30.3 Å². The van der Waals surface area contributed by atoms with E-state index in [1.165, 1.54) is 0 Å². The Bertz CT molecular complexity index is 937. The number of hydrogen-bond acceptors (Lipinski definition) is 5. The summed E-state index contributed by atoms with van der Waals surface area (Å²) in [5.41, 5.74) is 0.0477. The van der Waals surface area contributed by atoms with Gasteiger partial charge in [-0.3, -0.25) is 4.79 Å². The van der Waals surface area contributed by atoms with Crippen LogP contribution in [0.25, 0.3) is 0 Å². The minimum atomic E-state index is -1.77. The molecule has 1 amide bonds. The van der Waals surface area contributed by atoms with E-state index in [0.717, 1.165) is 5.56 Å². The molecule has 0 aliphatic carbocycles. The van der Waals surface area contributed by atoms with E-state index in [0.29, 0.717) is 0 Å². The van der Waals surface area contributed by atoms with Crippen LogP contribution in [0.2, 0.25) is 0 Å². The van der Waals surface area contributed by atoms with Crippen molar-refractivity contribution in [1.82, 2.24) is 5.32 Å². The predicted octanol–water partition coefficient (Wildman–Crippen LogP) is 4.69. The molecule has 0 unspecified atom stereocenters. The van der Waals surface area contributed by atoms with Crippen LogP contribution in [0.5, 0.6) is 5.75 Å². The second kappa shape index (κ2) is 11.6. The molecule has 0 radical (unpaired) electrons. The molecule has 0 aliphatic heterocycles. The van der Waals surface area contributed by atoms with Crippen LogP contribution in [-0.4, -0.2) is 36.7 Å². The van der Waals surface area contributed by atoms with Crippen molar-refractivity contribution in [3.63, 3.8) is 0 Å². The molecule has 180 valence electrons. The highest BCUT2D eigenvalue weighted by molar-refractivity contribution is 5.88. The van der Waals surface area contributed by atoms with Crippen LogP contribution in [0.15, 0.2) is 36.4 Å². The van der Waals surface area contributed by atoms with Gasteiger partial charge in [-0.25, -0.2) is 13.6 Å². The average Bonchev–Trinajstić information content (AvgIpc) is 2.73. The van der Waals surface area contributed by atoms with Gasteiger partial charge >= 0.3 is 6.09 Å². The Balaban J connectivity index is 2.03. The smallest absolute Gasteiger partial charge is 0.408 e. The highest BCUT2D eigenvalue weighted by Crippen LogP contribution is 2.26. The Morgan fingerprint density at radius 2 is 1.61 bits per heavy atom. The number of halogens is 4. The van der Waals surface area contributed by atoms with Gasteiger partial charge in [0.25, 0.3) is 0 Å². The molecule has 0 saturated carbocycles. The Kier molecular flexibility index (Phi) is 9.22. The summed E-state index contributed by atoms with van der Waals surface area (Å²) < 4.78 is 69.6. The van der Waals surface area contributed by atoms with Crippen LogP contribution in [0.3, 0.4) is 0 Å². The third-order valence-corrected chi connectivity index (χ3v) is 4.17. The summed E-state index contributed by atoms with van der Waals surface area (Å²) in [5, 5.41) is 2.35. The number of nitrogens with one attached hydrogen (secondary N) is 1. The first-order chi connectivity index (χ1) is 15.5. The highest BCUT2D eigenvalue weighted by atomic mass is 19.2. The topological polar surface area (TPSA) is 73.9 Å². The molecular weight excluding hydrogens is 446 g/mol. The molecule has 0 spiro atoms. The zero-order valence-corrected chi connectivity index (χ0v) is 18.4. The molecule has 0 heterocycles. The molecule has 0 aliphatic rings. The molecule has 2 rings (SSSR count). The van der Waals surface area contributed by atoms with Gasteiger partial charge in [-0.15, -0.1) is 0 Å². The van der Waals surface area contributed by atoms with Crippen molar-refractivity contribution in [1.29, 1.82) is 0 Å². The summed E-state index contributed by atoms with van der Waals surface area (Å²) in [6, 6.07) is 8.02. The number of carbonyl (C=O) groups is 2. The van der Waals surface area contributed by atoms with Crippen LogP contribution in [0, 0.1) is 23.3 Å². The van der Waals surface area contributed by atoms with Crippen molar-refractivity contribution in [2.75, 3.05) is 13.2 Å². The molecular formula is C23H25F4NO5. The van der Waals surface area contributed by atoms with Gasteiger partial charge in [-0.05, 0) is 32.8 Å². The fraction of sp³-hybridized carbons (Fsp3) is 0.391. The molecule has 1 atom stereocenters. The number of rotatable bonds is 10. The van der Waals surface area contributed by atoms with E-state index in [4.69, 9.17) is 14.2 Å². The van der Waals surface area contributed by atoms with Crippen molar-refractivity contribution in [2.45, 2.75) is 45.4 Å². The number of Topliss-reactive ketones (excluding diaryl/α,β-unsaturated/α-hetero) is 1. The lowest BCUT2D eigenvalue weighted by atomic mass is 10.1. The molecule has 1 N–H and O–H groups in total. The van der Waals surface area contributed by atoms with Gasteiger partial charge < -0.3 is 19.5 Å². The van der Waals surface area contributed by atoms with E-state index in [9.17, 15) is 27.2 Å². The van der Waals surface area contributed by atoms with Crippen LogP contribution < -0.4 is 10.1 Å². The molecule has 0 aromatic heterocycles.